The highest BCUT2D eigenvalue weighted by Gasteiger charge is 2.06. The summed E-state index contributed by atoms with van der Waals surface area (Å²) in [4.78, 5) is 0. The molecule has 1 rings (SSSR count). The molecule has 0 aliphatic carbocycles. The van der Waals surface area contributed by atoms with Crippen LogP contribution in [0.2, 0.25) is 0 Å². The lowest BCUT2D eigenvalue weighted by atomic mass is 10.1. The molecule has 4 heteroatoms. The van der Waals surface area contributed by atoms with Crippen molar-refractivity contribution >= 4 is 5.69 Å². The van der Waals surface area contributed by atoms with Crippen molar-refractivity contribution in [3.8, 4) is 5.75 Å². The number of benzene rings is 1. The lowest BCUT2D eigenvalue weighted by Crippen LogP contribution is -2.24. The molecule has 0 fully saturated rings. The first-order valence-electron chi connectivity index (χ1n) is 5.93. The van der Waals surface area contributed by atoms with Gasteiger partial charge in [0.25, 0.3) is 0 Å². The van der Waals surface area contributed by atoms with Crippen molar-refractivity contribution in [3.05, 3.63) is 24.0 Å². The van der Waals surface area contributed by atoms with Gasteiger partial charge >= 0.3 is 0 Å². The van der Waals surface area contributed by atoms with E-state index in [1.165, 1.54) is 13.2 Å². The SMILES string of the molecule is CCC(CNC)CNc1ccc(OC)c(F)c1. The van der Waals surface area contributed by atoms with Gasteiger partial charge in [0.15, 0.2) is 11.6 Å². The highest BCUT2D eigenvalue weighted by molar-refractivity contribution is 5.47. The van der Waals surface area contributed by atoms with Gasteiger partial charge in [0.05, 0.1) is 7.11 Å². The van der Waals surface area contributed by atoms with Crippen molar-refractivity contribution in [1.82, 2.24) is 5.32 Å². The molecule has 0 spiro atoms. The van der Waals surface area contributed by atoms with E-state index in [1.807, 2.05) is 13.1 Å². The number of anilines is 1. The maximum atomic E-state index is 13.4. The molecule has 0 saturated carbocycles. The summed E-state index contributed by atoms with van der Waals surface area (Å²) in [5.74, 6) is 0.488. The van der Waals surface area contributed by atoms with E-state index in [2.05, 4.69) is 17.6 Å². The summed E-state index contributed by atoms with van der Waals surface area (Å²) in [6.07, 6.45) is 1.09. The van der Waals surface area contributed by atoms with Crippen LogP contribution in [0.4, 0.5) is 10.1 Å². The fourth-order valence-corrected chi connectivity index (χ4v) is 1.69. The summed E-state index contributed by atoms with van der Waals surface area (Å²) >= 11 is 0. The zero-order valence-electron chi connectivity index (χ0n) is 10.7. The Kier molecular flexibility index (Phi) is 5.77. The third-order valence-electron chi connectivity index (χ3n) is 2.82. The third kappa shape index (κ3) is 4.23. The van der Waals surface area contributed by atoms with Crippen molar-refractivity contribution < 1.29 is 9.13 Å². The third-order valence-corrected chi connectivity index (χ3v) is 2.82. The van der Waals surface area contributed by atoms with E-state index in [9.17, 15) is 4.39 Å². The predicted molar refractivity (Wildman–Crippen MR) is 69.1 cm³/mol. The van der Waals surface area contributed by atoms with Crippen LogP contribution in [-0.2, 0) is 0 Å². The van der Waals surface area contributed by atoms with E-state index >= 15 is 0 Å². The first-order valence-corrected chi connectivity index (χ1v) is 5.93. The summed E-state index contributed by atoms with van der Waals surface area (Å²) in [5.41, 5.74) is 0.790. The Labute approximate surface area is 102 Å². The molecular formula is C13H21FN2O. The molecule has 17 heavy (non-hydrogen) atoms. The van der Waals surface area contributed by atoms with Gasteiger partial charge in [0.1, 0.15) is 0 Å². The number of nitrogens with one attached hydrogen (secondary N) is 2. The number of halogens is 1. The summed E-state index contributed by atoms with van der Waals surface area (Å²) in [5, 5.41) is 6.39. The second-order valence-electron chi connectivity index (χ2n) is 4.06. The number of hydrogen-bond donors (Lipinski definition) is 2. The lowest BCUT2D eigenvalue weighted by Gasteiger charge is -2.16. The van der Waals surface area contributed by atoms with Gasteiger partial charge in [0, 0.05) is 18.3 Å². The molecule has 0 saturated heterocycles. The number of hydrogen-bond acceptors (Lipinski definition) is 3. The van der Waals surface area contributed by atoms with E-state index in [4.69, 9.17) is 4.74 Å². The smallest absolute Gasteiger partial charge is 0.167 e. The molecule has 3 nitrogen and oxygen atoms in total. The van der Waals surface area contributed by atoms with Crippen molar-refractivity contribution in [2.45, 2.75) is 13.3 Å². The van der Waals surface area contributed by atoms with Crippen LogP contribution < -0.4 is 15.4 Å². The Morgan fingerprint density at radius 1 is 1.35 bits per heavy atom. The maximum absolute atomic E-state index is 13.4. The van der Waals surface area contributed by atoms with Crippen molar-refractivity contribution in [3.63, 3.8) is 0 Å². The normalized spacial score (nSPS) is 12.2. The van der Waals surface area contributed by atoms with Gasteiger partial charge in [0.2, 0.25) is 0 Å². The van der Waals surface area contributed by atoms with Crippen molar-refractivity contribution in [1.29, 1.82) is 0 Å². The summed E-state index contributed by atoms with van der Waals surface area (Å²) < 4.78 is 18.3. The van der Waals surface area contributed by atoms with Gasteiger partial charge in [-0.15, -0.1) is 0 Å². The average molecular weight is 240 g/mol. The maximum Gasteiger partial charge on any atom is 0.167 e. The van der Waals surface area contributed by atoms with Crippen LogP contribution in [0, 0.1) is 11.7 Å². The zero-order valence-corrected chi connectivity index (χ0v) is 10.7. The Morgan fingerprint density at radius 3 is 2.65 bits per heavy atom. The standard InChI is InChI=1S/C13H21FN2O/c1-4-10(8-15-2)9-16-11-5-6-13(17-3)12(14)7-11/h5-7,10,15-16H,4,8-9H2,1-3H3. The summed E-state index contributed by atoms with van der Waals surface area (Å²) in [6.45, 7) is 3.95. The Morgan fingerprint density at radius 2 is 2.12 bits per heavy atom. The van der Waals surface area contributed by atoms with E-state index in [0.717, 1.165) is 25.2 Å². The van der Waals surface area contributed by atoms with E-state index in [-0.39, 0.29) is 11.6 Å². The van der Waals surface area contributed by atoms with E-state index in [1.54, 1.807) is 6.07 Å². The van der Waals surface area contributed by atoms with Crippen LogP contribution in [0.5, 0.6) is 5.75 Å². The Balaban J connectivity index is 2.54. The minimum absolute atomic E-state index is 0.276. The number of rotatable bonds is 7. The Bertz CT molecular complexity index is 344. The van der Waals surface area contributed by atoms with Gasteiger partial charge < -0.3 is 15.4 Å². The van der Waals surface area contributed by atoms with Crippen LogP contribution in [0.25, 0.3) is 0 Å². The molecular weight excluding hydrogens is 219 g/mol. The lowest BCUT2D eigenvalue weighted by molar-refractivity contribution is 0.386. The zero-order chi connectivity index (χ0) is 12.7. The van der Waals surface area contributed by atoms with Crippen LogP contribution in [0.3, 0.4) is 0 Å². The van der Waals surface area contributed by atoms with Crippen LogP contribution >= 0.6 is 0 Å². The molecule has 96 valence electrons. The fourth-order valence-electron chi connectivity index (χ4n) is 1.69. The van der Waals surface area contributed by atoms with Crippen LogP contribution in [0.15, 0.2) is 18.2 Å². The largest absolute Gasteiger partial charge is 0.494 e. The molecule has 0 aliphatic rings. The molecule has 0 amide bonds. The molecule has 0 aromatic heterocycles. The highest BCUT2D eigenvalue weighted by atomic mass is 19.1. The molecule has 0 heterocycles. The average Bonchev–Trinajstić information content (AvgIpc) is 2.34. The topological polar surface area (TPSA) is 33.3 Å². The van der Waals surface area contributed by atoms with Crippen molar-refractivity contribution in [2.24, 2.45) is 5.92 Å². The van der Waals surface area contributed by atoms with Crippen molar-refractivity contribution in [2.75, 3.05) is 32.6 Å². The molecule has 2 N–H and O–H groups in total. The summed E-state index contributed by atoms with van der Waals surface area (Å²) in [6, 6.07) is 4.93. The monoisotopic (exact) mass is 240 g/mol. The van der Waals surface area contributed by atoms with E-state index < -0.39 is 0 Å². The highest BCUT2D eigenvalue weighted by Crippen LogP contribution is 2.20. The second-order valence-corrected chi connectivity index (χ2v) is 4.06. The molecule has 1 aromatic carbocycles. The molecule has 0 aliphatic heterocycles. The van der Waals surface area contributed by atoms with Gasteiger partial charge in [-0.05, 0) is 31.6 Å². The molecule has 0 radical (unpaired) electrons. The van der Waals surface area contributed by atoms with Gasteiger partial charge in [-0.1, -0.05) is 13.3 Å². The van der Waals surface area contributed by atoms with E-state index in [0.29, 0.717) is 5.92 Å². The molecule has 1 aromatic rings. The first-order chi connectivity index (χ1) is 8.21. The van der Waals surface area contributed by atoms with Crippen LogP contribution in [0.1, 0.15) is 13.3 Å². The number of ether oxygens (including phenoxy) is 1. The minimum Gasteiger partial charge on any atom is -0.494 e. The van der Waals surface area contributed by atoms with Gasteiger partial charge in [-0.2, -0.15) is 0 Å². The first kappa shape index (κ1) is 13.8. The fraction of sp³-hybridized carbons (Fsp3) is 0.538. The minimum atomic E-state index is -0.334. The quantitative estimate of drug-likeness (QED) is 0.768. The molecule has 0 bridgehead atoms. The predicted octanol–water partition coefficient (Wildman–Crippen LogP) is 2.49. The molecule has 1 atom stereocenters. The summed E-state index contributed by atoms with van der Waals surface area (Å²) in [7, 11) is 3.40. The van der Waals surface area contributed by atoms with Gasteiger partial charge in [-0.25, -0.2) is 4.39 Å². The number of methoxy groups -OCH3 is 1. The van der Waals surface area contributed by atoms with Crippen LogP contribution in [-0.4, -0.2) is 27.2 Å². The van der Waals surface area contributed by atoms with Gasteiger partial charge in [-0.3, -0.25) is 0 Å². The Hall–Kier alpha value is -1.29. The second kappa shape index (κ2) is 7.12. The molecule has 1 unspecified atom stereocenters.